The number of hydrogen-bond donors (Lipinski definition) is 2. The summed E-state index contributed by atoms with van der Waals surface area (Å²) in [7, 11) is 1.57. The van der Waals surface area contributed by atoms with Crippen molar-refractivity contribution in [3.8, 4) is 5.88 Å². The van der Waals surface area contributed by atoms with Gasteiger partial charge in [0, 0.05) is 41.9 Å². The topological polar surface area (TPSA) is 83.1 Å². The molecule has 3 heterocycles. The number of nitrogens with zero attached hydrogens (tertiary/aromatic N) is 3. The van der Waals surface area contributed by atoms with Crippen LogP contribution in [-0.4, -0.2) is 41.3 Å². The smallest absolute Gasteiger partial charge is 0.233 e. The first kappa shape index (κ1) is 16.4. The highest BCUT2D eigenvalue weighted by Gasteiger charge is 2.27. The van der Waals surface area contributed by atoms with Crippen LogP contribution in [0.3, 0.4) is 0 Å². The number of hydrogen-bond acceptors (Lipinski definition) is 5. The number of aromatic amines is 1. The number of anilines is 2. The number of rotatable bonds is 4. The fourth-order valence-electron chi connectivity index (χ4n) is 3.37. The number of aromatic nitrogens is 3. The van der Waals surface area contributed by atoms with Crippen molar-refractivity contribution in [2.24, 2.45) is 5.92 Å². The highest BCUT2D eigenvalue weighted by Crippen LogP contribution is 2.24. The summed E-state index contributed by atoms with van der Waals surface area (Å²) in [5.74, 6) is 1.23. The van der Waals surface area contributed by atoms with Crippen molar-refractivity contribution in [3.63, 3.8) is 0 Å². The van der Waals surface area contributed by atoms with Crippen LogP contribution in [0.4, 0.5) is 11.5 Å². The molecular formula is C19H21N5O2. The fourth-order valence-corrected chi connectivity index (χ4v) is 3.37. The van der Waals surface area contributed by atoms with Crippen molar-refractivity contribution >= 4 is 28.3 Å². The second-order valence-electron chi connectivity index (χ2n) is 6.49. The number of H-pyrrole nitrogens is 1. The summed E-state index contributed by atoms with van der Waals surface area (Å²) in [5.41, 5.74) is 1.88. The second-order valence-corrected chi connectivity index (χ2v) is 6.49. The molecule has 1 saturated heterocycles. The molecule has 0 unspecified atom stereocenters. The number of piperidine rings is 1. The van der Waals surface area contributed by atoms with Crippen molar-refractivity contribution < 1.29 is 9.53 Å². The van der Waals surface area contributed by atoms with Gasteiger partial charge in [0.2, 0.25) is 11.8 Å². The molecule has 26 heavy (non-hydrogen) atoms. The van der Waals surface area contributed by atoms with Crippen LogP contribution in [0.2, 0.25) is 0 Å². The number of fused-ring (bicyclic) bond motifs is 1. The highest BCUT2D eigenvalue weighted by molar-refractivity contribution is 5.95. The Hall–Kier alpha value is -3.09. The predicted octanol–water partition coefficient (Wildman–Crippen LogP) is 2.82. The lowest BCUT2D eigenvalue weighted by Crippen LogP contribution is -2.41. The van der Waals surface area contributed by atoms with E-state index in [0.717, 1.165) is 41.8 Å². The van der Waals surface area contributed by atoms with Gasteiger partial charge in [0.15, 0.2) is 5.82 Å². The molecule has 7 nitrogen and oxygen atoms in total. The Morgan fingerprint density at radius 1 is 1.27 bits per heavy atom. The van der Waals surface area contributed by atoms with E-state index in [9.17, 15) is 4.79 Å². The van der Waals surface area contributed by atoms with Gasteiger partial charge in [0.25, 0.3) is 0 Å². The van der Waals surface area contributed by atoms with Crippen LogP contribution in [0.25, 0.3) is 10.9 Å². The molecule has 1 amide bonds. The number of nitrogens with one attached hydrogen (secondary N) is 2. The molecule has 1 atom stereocenters. The molecule has 0 aliphatic carbocycles. The molecular weight excluding hydrogens is 330 g/mol. The van der Waals surface area contributed by atoms with Crippen LogP contribution in [0.5, 0.6) is 5.88 Å². The standard InChI is InChI=1S/C19H21N5O2/c1-26-18-7-6-17(22-23-18)24-10-2-3-14(12-24)19(25)21-15-4-5-16-13(11-15)8-9-20-16/h4-9,11,14,20H,2-3,10,12H2,1H3,(H,21,25)/t14-/m1/s1. The molecule has 4 rings (SSSR count). The van der Waals surface area contributed by atoms with Gasteiger partial charge in [-0.3, -0.25) is 4.79 Å². The largest absolute Gasteiger partial charge is 0.480 e. The first-order valence-electron chi connectivity index (χ1n) is 8.73. The number of amides is 1. The van der Waals surface area contributed by atoms with Gasteiger partial charge in [-0.2, -0.15) is 0 Å². The number of methoxy groups -OCH3 is 1. The summed E-state index contributed by atoms with van der Waals surface area (Å²) in [5, 5.41) is 12.3. The van der Waals surface area contributed by atoms with Gasteiger partial charge < -0.3 is 19.9 Å². The van der Waals surface area contributed by atoms with Crippen molar-refractivity contribution in [2.75, 3.05) is 30.4 Å². The van der Waals surface area contributed by atoms with E-state index in [-0.39, 0.29) is 11.8 Å². The minimum atomic E-state index is -0.0745. The molecule has 1 aliphatic heterocycles. The lowest BCUT2D eigenvalue weighted by Gasteiger charge is -2.32. The summed E-state index contributed by atoms with van der Waals surface area (Å²) >= 11 is 0. The Morgan fingerprint density at radius 3 is 3.00 bits per heavy atom. The second kappa shape index (κ2) is 7.03. The monoisotopic (exact) mass is 351 g/mol. The van der Waals surface area contributed by atoms with E-state index in [1.165, 1.54) is 0 Å². The average Bonchev–Trinajstić information content (AvgIpc) is 3.16. The Morgan fingerprint density at radius 2 is 2.19 bits per heavy atom. The minimum absolute atomic E-state index is 0.0473. The van der Waals surface area contributed by atoms with Gasteiger partial charge >= 0.3 is 0 Å². The molecule has 0 spiro atoms. The molecule has 1 aromatic carbocycles. The molecule has 1 fully saturated rings. The number of carbonyl (C=O) groups excluding carboxylic acids is 1. The van der Waals surface area contributed by atoms with Gasteiger partial charge in [0.05, 0.1) is 13.0 Å². The Labute approximate surface area is 151 Å². The molecule has 3 aromatic rings. The quantitative estimate of drug-likeness (QED) is 0.755. The van der Waals surface area contributed by atoms with E-state index in [0.29, 0.717) is 12.4 Å². The third-order valence-electron chi connectivity index (χ3n) is 4.77. The molecule has 2 aromatic heterocycles. The zero-order valence-corrected chi connectivity index (χ0v) is 14.6. The van der Waals surface area contributed by atoms with E-state index in [4.69, 9.17) is 4.74 Å². The predicted molar refractivity (Wildman–Crippen MR) is 100 cm³/mol. The lowest BCUT2D eigenvalue weighted by atomic mass is 9.97. The maximum Gasteiger partial charge on any atom is 0.233 e. The average molecular weight is 351 g/mol. The summed E-state index contributed by atoms with van der Waals surface area (Å²) < 4.78 is 5.05. The van der Waals surface area contributed by atoms with Crippen molar-refractivity contribution in [3.05, 3.63) is 42.6 Å². The Bertz CT molecular complexity index is 906. The highest BCUT2D eigenvalue weighted by atomic mass is 16.5. The van der Waals surface area contributed by atoms with Crippen molar-refractivity contribution in [2.45, 2.75) is 12.8 Å². The van der Waals surface area contributed by atoms with Crippen molar-refractivity contribution in [1.82, 2.24) is 15.2 Å². The molecule has 1 aliphatic rings. The summed E-state index contributed by atoms with van der Waals surface area (Å²) in [6.45, 7) is 1.51. The van der Waals surface area contributed by atoms with Crippen LogP contribution >= 0.6 is 0 Å². The van der Waals surface area contributed by atoms with E-state index >= 15 is 0 Å². The Balaban J connectivity index is 1.43. The zero-order chi connectivity index (χ0) is 17.9. The van der Waals surface area contributed by atoms with Crippen LogP contribution < -0.4 is 15.0 Å². The van der Waals surface area contributed by atoms with E-state index in [1.54, 1.807) is 13.2 Å². The molecule has 134 valence electrons. The van der Waals surface area contributed by atoms with Gasteiger partial charge in [-0.1, -0.05) is 0 Å². The van der Waals surface area contributed by atoms with Gasteiger partial charge in [0.1, 0.15) is 0 Å². The summed E-state index contributed by atoms with van der Waals surface area (Å²) in [6, 6.07) is 11.6. The summed E-state index contributed by atoms with van der Waals surface area (Å²) in [6.07, 6.45) is 3.71. The normalized spacial score (nSPS) is 17.3. The van der Waals surface area contributed by atoms with E-state index in [2.05, 4.69) is 25.4 Å². The third kappa shape index (κ3) is 3.33. The third-order valence-corrected chi connectivity index (χ3v) is 4.77. The van der Waals surface area contributed by atoms with Crippen LogP contribution in [0.1, 0.15) is 12.8 Å². The van der Waals surface area contributed by atoms with E-state index < -0.39 is 0 Å². The molecule has 7 heteroatoms. The van der Waals surface area contributed by atoms with Crippen molar-refractivity contribution in [1.29, 1.82) is 0 Å². The minimum Gasteiger partial charge on any atom is -0.480 e. The maximum atomic E-state index is 12.7. The van der Waals surface area contributed by atoms with Gasteiger partial charge in [-0.25, -0.2) is 0 Å². The summed E-state index contributed by atoms with van der Waals surface area (Å²) in [4.78, 5) is 18.0. The maximum absolute atomic E-state index is 12.7. The first-order valence-corrected chi connectivity index (χ1v) is 8.73. The number of ether oxygens (including phenoxy) is 1. The molecule has 2 N–H and O–H groups in total. The fraction of sp³-hybridized carbons (Fsp3) is 0.316. The first-order chi connectivity index (χ1) is 12.7. The SMILES string of the molecule is COc1ccc(N2CCC[C@@H](C(=O)Nc3ccc4[nH]ccc4c3)C2)nn1. The molecule has 0 bridgehead atoms. The molecule has 0 radical (unpaired) electrons. The van der Waals surface area contributed by atoms with Gasteiger partial charge in [-0.15, -0.1) is 10.2 Å². The zero-order valence-electron chi connectivity index (χ0n) is 14.6. The number of benzene rings is 1. The number of carbonyl (C=O) groups is 1. The van der Waals surface area contributed by atoms with E-state index in [1.807, 2.05) is 36.5 Å². The van der Waals surface area contributed by atoms with Crippen LogP contribution in [0.15, 0.2) is 42.6 Å². The van der Waals surface area contributed by atoms with Crippen LogP contribution in [0, 0.1) is 5.92 Å². The molecule has 0 saturated carbocycles. The lowest BCUT2D eigenvalue weighted by molar-refractivity contribution is -0.120. The van der Waals surface area contributed by atoms with Gasteiger partial charge in [-0.05, 0) is 43.2 Å². The van der Waals surface area contributed by atoms with Crippen LogP contribution in [-0.2, 0) is 4.79 Å². The Kier molecular flexibility index (Phi) is 4.43.